The van der Waals surface area contributed by atoms with E-state index in [0.29, 0.717) is 13.2 Å². The Morgan fingerprint density at radius 3 is 1.14 bits per heavy atom. The van der Waals surface area contributed by atoms with Crippen molar-refractivity contribution in [3.05, 3.63) is 56.5 Å². The Balaban J connectivity index is 1.64. The topological polar surface area (TPSA) is 40.5 Å². The highest BCUT2D eigenvalue weighted by Gasteiger charge is 2.42. The molecule has 37 heavy (non-hydrogen) atoms. The highest BCUT2D eigenvalue weighted by Crippen LogP contribution is 2.55. The van der Waals surface area contributed by atoms with Crippen LogP contribution in [0.4, 0.5) is 0 Å². The minimum Gasteiger partial charge on any atom is -0.396 e. The minimum atomic E-state index is 0.112. The van der Waals surface area contributed by atoms with E-state index in [9.17, 15) is 0 Å². The molecule has 1 aliphatic rings. The summed E-state index contributed by atoms with van der Waals surface area (Å²) in [5.41, 5.74) is 6.03. The summed E-state index contributed by atoms with van der Waals surface area (Å²) in [6.45, 7) is 0.670. The molecule has 0 aromatic heterocycles. The zero-order valence-corrected chi connectivity index (χ0v) is 25.9. The number of hydrogen-bond acceptors (Lipinski definition) is 2. The second kappa shape index (κ2) is 17.1. The Labute approximate surface area is 242 Å². The second-order valence-electron chi connectivity index (χ2n) is 11.1. The summed E-state index contributed by atoms with van der Waals surface area (Å²) in [6.07, 6.45) is 22.3. The van der Waals surface area contributed by atoms with Crippen molar-refractivity contribution in [2.75, 3.05) is 13.2 Å². The molecule has 2 N–H and O–H groups in total. The molecular weight excluding hydrogens is 588 g/mol. The van der Waals surface area contributed by atoms with E-state index in [-0.39, 0.29) is 5.41 Å². The number of fused-ring (bicyclic) bond motifs is 3. The van der Waals surface area contributed by atoms with Gasteiger partial charge in [-0.05, 0) is 72.2 Å². The Bertz CT molecular complexity index is 851. The van der Waals surface area contributed by atoms with Crippen molar-refractivity contribution >= 4 is 31.9 Å². The quantitative estimate of drug-likeness (QED) is 0.142. The van der Waals surface area contributed by atoms with Crippen LogP contribution < -0.4 is 0 Å². The van der Waals surface area contributed by atoms with Crippen LogP contribution in [0.25, 0.3) is 11.1 Å². The molecule has 0 atom stereocenters. The summed E-state index contributed by atoms with van der Waals surface area (Å²) < 4.78 is 2.38. The van der Waals surface area contributed by atoms with Gasteiger partial charge >= 0.3 is 0 Å². The molecule has 4 heteroatoms. The monoisotopic (exact) mass is 634 g/mol. The van der Waals surface area contributed by atoms with Crippen molar-refractivity contribution in [2.45, 2.75) is 121 Å². The van der Waals surface area contributed by atoms with Crippen LogP contribution in [0.15, 0.2) is 45.3 Å². The molecule has 0 heterocycles. The van der Waals surface area contributed by atoms with E-state index in [0.717, 1.165) is 12.8 Å². The van der Waals surface area contributed by atoms with Crippen LogP contribution in [0.2, 0.25) is 0 Å². The van der Waals surface area contributed by atoms with E-state index in [1.807, 2.05) is 0 Å². The molecule has 0 radical (unpaired) electrons. The summed E-state index contributed by atoms with van der Waals surface area (Å²) in [6, 6.07) is 13.9. The van der Waals surface area contributed by atoms with E-state index in [1.54, 1.807) is 0 Å². The van der Waals surface area contributed by atoms with Crippen LogP contribution in [-0.4, -0.2) is 23.4 Å². The van der Waals surface area contributed by atoms with Crippen molar-refractivity contribution in [2.24, 2.45) is 0 Å². The van der Waals surface area contributed by atoms with Gasteiger partial charge in [-0.2, -0.15) is 0 Å². The lowest BCUT2D eigenvalue weighted by molar-refractivity contribution is 0.282. The zero-order valence-electron chi connectivity index (χ0n) is 22.8. The molecule has 0 bridgehead atoms. The van der Waals surface area contributed by atoms with Gasteiger partial charge < -0.3 is 10.2 Å². The van der Waals surface area contributed by atoms with Gasteiger partial charge in [-0.1, -0.05) is 134 Å². The number of benzene rings is 2. The SMILES string of the molecule is OCCCCCCCCCCC1(CCCCCCCCCCO)c2cc(Br)ccc2-c2ccc(Br)cc21. The maximum Gasteiger partial charge on any atom is 0.0431 e. The molecule has 0 saturated carbocycles. The second-order valence-corrected chi connectivity index (χ2v) is 12.9. The maximum absolute atomic E-state index is 8.97. The van der Waals surface area contributed by atoms with Crippen LogP contribution in [0.3, 0.4) is 0 Å². The van der Waals surface area contributed by atoms with E-state index in [2.05, 4.69) is 68.3 Å². The van der Waals surface area contributed by atoms with Gasteiger partial charge in [-0.3, -0.25) is 0 Å². The van der Waals surface area contributed by atoms with Crippen LogP contribution >= 0.6 is 31.9 Å². The first kappa shape index (κ1) is 30.9. The van der Waals surface area contributed by atoms with E-state index < -0.39 is 0 Å². The Morgan fingerprint density at radius 2 is 0.784 bits per heavy atom. The molecule has 2 aromatic carbocycles. The molecule has 3 rings (SSSR count). The maximum atomic E-state index is 8.97. The zero-order chi connectivity index (χ0) is 26.3. The third-order valence-electron chi connectivity index (χ3n) is 8.31. The first-order valence-corrected chi connectivity index (χ1v) is 16.5. The summed E-state index contributed by atoms with van der Waals surface area (Å²) in [7, 11) is 0. The van der Waals surface area contributed by atoms with Crippen LogP contribution in [0, 0.1) is 0 Å². The highest BCUT2D eigenvalue weighted by molar-refractivity contribution is 9.10. The van der Waals surface area contributed by atoms with Gasteiger partial charge in [0.2, 0.25) is 0 Å². The molecule has 0 spiro atoms. The molecule has 0 saturated heterocycles. The molecule has 0 unspecified atom stereocenters. The lowest BCUT2D eigenvalue weighted by Crippen LogP contribution is -2.25. The first-order valence-electron chi connectivity index (χ1n) is 14.9. The predicted molar refractivity (Wildman–Crippen MR) is 165 cm³/mol. The fourth-order valence-corrected chi connectivity index (χ4v) is 7.02. The van der Waals surface area contributed by atoms with Crippen molar-refractivity contribution < 1.29 is 10.2 Å². The largest absolute Gasteiger partial charge is 0.396 e. The van der Waals surface area contributed by atoms with Crippen LogP contribution in [0.5, 0.6) is 0 Å². The molecule has 0 aliphatic heterocycles. The standard InChI is InChI=1S/C33H48Br2O2/c34-27-17-19-29-30-20-18-28(35)26-32(30)33(31(29)25-27,21-13-9-5-1-3-7-11-15-23-36)22-14-10-6-2-4-8-12-16-24-37/h17-20,25-26,36-37H,1-16,21-24H2. The number of hydrogen-bond donors (Lipinski definition) is 2. The number of halogens is 2. The highest BCUT2D eigenvalue weighted by atomic mass is 79.9. The van der Waals surface area contributed by atoms with E-state index >= 15 is 0 Å². The summed E-state index contributed by atoms with van der Waals surface area (Å²) in [5, 5.41) is 17.9. The lowest BCUT2D eigenvalue weighted by Gasteiger charge is -2.33. The number of unbranched alkanes of at least 4 members (excludes halogenated alkanes) is 14. The summed E-state index contributed by atoms with van der Waals surface area (Å²) in [5.74, 6) is 0. The fraction of sp³-hybridized carbons (Fsp3) is 0.636. The Morgan fingerprint density at radius 1 is 0.459 bits per heavy atom. The van der Waals surface area contributed by atoms with Crippen LogP contribution in [0.1, 0.15) is 127 Å². The first-order chi connectivity index (χ1) is 18.1. The van der Waals surface area contributed by atoms with Crippen molar-refractivity contribution in [3.8, 4) is 11.1 Å². The minimum absolute atomic E-state index is 0.112. The van der Waals surface area contributed by atoms with Crippen molar-refractivity contribution in [3.63, 3.8) is 0 Å². The molecular formula is C33H48Br2O2. The van der Waals surface area contributed by atoms with Crippen molar-refractivity contribution in [1.29, 1.82) is 0 Å². The summed E-state index contributed by atoms with van der Waals surface area (Å²) in [4.78, 5) is 0. The van der Waals surface area contributed by atoms with Gasteiger partial charge in [0.1, 0.15) is 0 Å². The molecule has 0 amide bonds. The Kier molecular flexibility index (Phi) is 14.3. The predicted octanol–water partition coefficient (Wildman–Crippen LogP) is 10.5. The molecule has 2 aromatic rings. The fourth-order valence-electron chi connectivity index (χ4n) is 6.30. The average Bonchev–Trinajstić information content (AvgIpc) is 3.15. The van der Waals surface area contributed by atoms with E-state index in [4.69, 9.17) is 10.2 Å². The lowest BCUT2D eigenvalue weighted by atomic mass is 9.70. The van der Waals surface area contributed by atoms with Gasteiger partial charge in [0.15, 0.2) is 0 Å². The number of aliphatic hydroxyl groups is 2. The van der Waals surface area contributed by atoms with Gasteiger partial charge in [0.25, 0.3) is 0 Å². The van der Waals surface area contributed by atoms with Gasteiger partial charge in [-0.15, -0.1) is 0 Å². The number of aliphatic hydroxyl groups excluding tert-OH is 2. The van der Waals surface area contributed by atoms with Gasteiger partial charge in [0.05, 0.1) is 0 Å². The Hall–Kier alpha value is -0.680. The smallest absolute Gasteiger partial charge is 0.0431 e. The van der Waals surface area contributed by atoms with Gasteiger partial charge in [-0.25, -0.2) is 0 Å². The van der Waals surface area contributed by atoms with Crippen LogP contribution in [-0.2, 0) is 5.41 Å². The molecule has 2 nitrogen and oxygen atoms in total. The third-order valence-corrected chi connectivity index (χ3v) is 9.29. The molecule has 1 aliphatic carbocycles. The summed E-state index contributed by atoms with van der Waals surface area (Å²) >= 11 is 7.58. The van der Waals surface area contributed by atoms with E-state index in [1.165, 1.54) is 134 Å². The van der Waals surface area contributed by atoms with Gasteiger partial charge in [0, 0.05) is 27.6 Å². The van der Waals surface area contributed by atoms with Crippen molar-refractivity contribution in [1.82, 2.24) is 0 Å². The molecule has 0 fully saturated rings. The normalized spacial score (nSPS) is 13.6. The third kappa shape index (κ3) is 9.19. The average molecular weight is 637 g/mol. The number of rotatable bonds is 20. The molecule has 206 valence electrons.